The maximum atomic E-state index is 5.44. The SMILES string of the molecule is CC.CNCCC(C)N. The van der Waals surface area contributed by atoms with Gasteiger partial charge in [-0.25, -0.2) is 0 Å². The molecule has 0 saturated carbocycles. The highest BCUT2D eigenvalue weighted by Gasteiger charge is 1.88. The van der Waals surface area contributed by atoms with Crippen LogP contribution in [0.3, 0.4) is 0 Å². The van der Waals surface area contributed by atoms with Crippen LogP contribution in [0.5, 0.6) is 0 Å². The Kier molecular flexibility index (Phi) is 14.0. The fraction of sp³-hybridized carbons (Fsp3) is 1.00. The van der Waals surface area contributed by atoms with Gasteiger partial charge in [0.2, 0.25) is 0 Å². The summed E-state index contributed by atoms with van der Waals surface area (Å²) < 4.78 is 0. The number of hydrogen-bond acceptors (Lipinski definition) is 2. The van der Waals surface area contributed by atoms with Crippen LogP contribution in [0, 0.1) is 0 Å². The Bertz CT molecular complexity index is 35.9. The Morgan fingerprint density at radius 2 is 1.89 bits per heavy atom. The molecule has 0 radical (unpaired) electrons. The van der Waals surface area contributed by atoms with E-state index in [2.05, 4.69) is 5.32 Å². The van der Waals surface area contributed by atoms with Crippen molar-refractivity contribution >= 4 is 0 Å². The molecule has 2 nitrogen and oxygen atoms in total. The minimum absolute atomic E-state index is 0.340. The molecule has 0 aromatic carbocycles. The Labute approximate surface area is 58.8 Å². The van der Waals surface area contributed by atoms with E-state index in [-0.39, 0.29) is 0 Å². The first-order valence-corrected chi connectivity index (χ1v) is 3.67. The molecule has 3 N–H and O–H groups in total. The fourth-order valence-electron chi connectivity index (χ4n) is 0.372. The molecule has 9 heavy (non-hydrogen) atoms. The summed E-state index contributed by atoms with van der Waals surface area (Å²) in [4.78, 5) is 0. The van der Waals surface area contributed by atoms with Crippen LogP contribution in [0.15, 0.2) is 0 Å². The number of nitrogens with two attached hydrogens (primary N) is 1. The number of nitrogens with one attached hydrogen (secondary N) is 1. The molecule has 0 spiro atoms. The third-order valence-electron chi connectivity index (χ3n) is 0.850. The quantitative estimate of drug-likeness (QED) is 0.600. The molecule has 0 aliphatic heterocycles. The molecule has 1 atom stereocenters. The van der Waals surface area contributed by atoms with Crippen molar-refractivity contribution < 1.29 is 0 Å². The van der Waals surface area contributed by atoms with E-state index < -0.39 is 0 Å². The average molecular weight is 132 g/mol. The molecule has 2 heteroatoms. The largest absolute Gasteiger partial charge is 0.328 e. The fourth-order valence-corrected chi connectivity index (χ4v) is 0.372. The zero-order valence-electron chi connectivity index (χ0n) is 7.07. The van der Waals surface area contributed by atoms with Crippen LogP contribution in [0.2, 0.25) is 0 Å². The van der Waals surface area contributed by atoms with Gasteiger partial charge >= 0.3 is 0 Å². The summed E-state index contributed by atoms with van der Waals surface area (Å²) >= 11 is 0. The molecule has 0 aliphatic rings. The van der Waals surface area contributed by atoms with Gasteiger partial charge < -0.3 is 11.1 Å². The molecule has 1 unspecified atom stereocenters. The first-order chi connectivity index (χ1) is 4.27. The minimum Gasteiger partial charge on any atom is -0.328 e. The van der Waals surface area contributed by atoms with Crippen LogP contribution in [0.25, 0.3) is 0 Å². The third-order valence-corrected chi connectivity index (χ3v) is 0.850. The van der Waals surface area contributed by atoms with Gasteiger partial charge in [0.1, 0.15) is 0 Å². The summed E-state index contributed by atoms with van der Waals surface area (Å²) in [6.45, 7) is 7.04. The molecule has 0 aromatic rings. The predicted octanol–water partition coefficient (Wildman–Crippen LogP) is 0.969. The molecule has 0 fully saturated rings. The van der Waals surface area contributed by atoms with Crippen molar-refractivity contribution in [3.8, 4) is 0 Å². The van der Waals surface area contributed by atoms with Crippen molar-refractivity contribution in [2.75, 3.05) is 13.6 Å². The maximum Gasteiger partial charge on any atom is 0.00225 e. The summed E-state index contributed by atoms with van der Waals surface area (Å²) in [5, 5.41) is 3.02. The lowest BCUT2D eigenvalue weighted by molar-refractivity contribution is 0.627. The first kappa shape index (κ1) is 11.7. The average Bonchev–Trinajstić information content (AvgIpc) is 1.88. The van der Waals surface area contributed by atoms with Crippen LogP contribution in [0.1, 0.15) is 27.2 Å². The van der Waals surface area contributed by atoms with Gasteiger partial charge in [-0.3, -0.25) is 0 Å². The standard InChI is InChI=1S/C5H14N2.C2H6/c1-5(6)3-4-7-2;1-2/h5,7H,3-4,6H2,1-2H3;1-2H3. The molecular formula is C7H20N2. The van der Waals surface area contributed by atoms with Gasteiger partial charge in [-0.2, -0.15) is 0 Å². The van der Waals surface area contributed by atoms with Crippen molar-refractivity contribution in [3.63, 3.8) is 0 Å². The van der Waals surface area contributed by atoms with E-state index in [0.29, 0.717) is 6.04 Å². The van der Waals surface area contributed by atoms with Crippen molar-refractivity contribution in [2.24, 2.45) is 5.73 Å². The van der Waals surface area contributed by atoms with E-state index in [1.54, 1.807) is 0 Å². The van der Waals surface area contributed by atoms with Crippen LogP contribution >= 0.6 is 0 Å². The van der Waals surface area contributed by atoms with Gasteiger partial charge in [0, 0.05) is 6.04 Å². The van der Waals surface area contributed by atoms with E-state index in [1.165, 1.54) is 0 Å². The lowest BCUT2D eigenvalue weighted by atomic mass is 10.2. The molecule has 0 amide bonds. The van der Waals surface area contributed by atoms with Gasteiger partial charge in [0.15, 0.2) is 0 Å². The van der Waals surface area contributed by atoms with Crippen molar-refractivity contribution in [3.05, 3.63) is 0 Å². The molecule has 0 saturated heterocycles. The zero-order valence-corrected chi connectivity index (χ0v) is 7.07. The smallest absolute Gasteiger partial charge is 0.00225 e. The molecule has 0 aromatic heterocycles. The van der Waals surface area contributed by atoms with Crippen LogP contribution in [-0.4, -0.2) is 19.6 Å². The van der Waals surface area contributed by atoms with Crippen molar-refractivity contribution in [1.82, 2.24) is 5.32 Å². The zero-order chi connectivity index (χ0) is 7.70. The highest BCUT2D eigenvalue weighted by Crippen LogP contribution is 1.79. The monoisotopic (exact) mass is 132 g/mol. The van der Waals surface area contributed by atoms with Gasteiger partial charge in [-0.1, -0.05) is 13.8 Å². The minimum atomic E-state index is 0.340. The van der Waals surface area contributed by atoms with E-state index in [9.17, 15) is 0 Å². The Morgan fingerprint density at radius 1 is 1.44 bits per heavy atom. The maximum absolute atomic E-state index is 5.44. The van der Waals surface area contributed by atoms with Crippen molar-refractivity contribution in [2.45, 2.75) is 33.2 Å². The van der Waals surface area contributed by atoms with Crippen LogP contribution < -0.4 is 11.1 Å². The molecule has 0 bridgehead atoms. The van der Waals surface area contributed by atoms with Crippen molar-refractivity contribution in [1.29, 1.82) is 0 Å². The molecule has 0 aliphatic carbocycles. The Morgan fingerprint density at radius 3 is 2.00 bits per heavy atom. The second kappa shape index (κ2) is 10.8. The Hall–Kier alpha value is -0.0800. The summed E-state index contributed by atoms with van der Waals surface area (Å²) in [6.07, 6.45) is 1.07. The predicted molar refractivity (Wildman–Crippen MR) is 43.5 cm³/mol. The summed E-state index contributed by atoms with van der Waals surface area (Å²) in [5.74, 6) is 0. The van der Waals surface area contributed by atoms with Gasteiger partial charge in [0.25, 0.3) is 0 Å². The lowest BCUT2D eigenvalue weighted by Crippen LogP contribution is -2.21. The molecule has 0 rings (SSSR count). The highest BCUT2D eigenvalue weighted by molar-refractivity contribution is 4.52. The van der Waals surface area contributed by atoms with E-state index in [0.717, 1.165) is 13.0 Å². The normalized spacial score (nSPS) is 11.7. The summed E-state index contributed by atoms with van der Waals surface area (Å²) in [7, 11) is 1.93. The van der Waals surface area contributed by atoms with Gasteiger partial charge in [-0.05, 0) is 26.9 Å². The van der Waals surface area contributed by atoms with Crippen LogP contribution in [0.4, 0.5) is 0 Å². The summed E-state index contributed by atoms with van der Waals surface area (Å²) in [6, 6.07) is 0.340. The summed E-state index contributed by atoms with van der Waals surface area (Å²) in [5.41, 5.74) is 5.44. The number of rotatable bonds is 3. The van der Waals surface area contributed by atoms with Crippen LogP contribution in [-0.2, 0) is 0 Å². The van der Waals surface area contributed by atoms with Gasteiger partial charge in [0.05, 0.1) is 0 Å². The first-order valence-electron chi connectivity index (χ1n) is 3.67. The number of hydrogen-bond donors (Lipinski definition) is 2. The Balaban J connectivity index is 0. The second-order valence-electron chi connectivity index (χ2n) is 1.87. The molecular weight excluding hydrogens is 112 g/mol. The molecule has 0 heterocycles. The topological polar surface area (TPSA) is 38.0 Å². The second-order valence-corrected chi connectivity index (χ2v) is 1.87. The van der Waals surface area contributed by atoms with E-state index in [4.69, 9.17) is 5.73 Å². The third kappa shape index (κ3) is 18.1. The van der Waals surface area contributed by atoms with Gasteiger partial charge in [-0.15, -0.1) is 0 Å². The highest BCUT2D eigenvalue weighted by atomic mass is 14.8. The lowest BCUT2D eigenvalue weighted by Gasteiger charge is -2.00. The van der Waals surface area contributed by atoms with E-state index >= 15 is 0 Å². The van der Waals surface area contributed by atoms with E-state index in [1.807, 2.05) is 27.8 Å². The molecule has 58 valence electrons.